The van der Waals surface area contributed by atoms with Gasteiger partial charge < -0.3 is 0 Å². The highest BCUT2D eigenvalue weighted by Gasteiger charge is 2.09. The molecular weight excluding hydrogens is 302 g/mol. The summed E-state index contributed by atoms with van der Waals surface area (Å²) in [6.45, 7) is 0. The Bertz CT molecular complexity index is 513. The van der Waals surface area contributed by atoms with Crippen LogP contribution in [0.3, 0.4) is 0 Å². The molecule has 4 nitrogen and oxygen atoms in total. The van der Waals surface area contributed by atoms with Gasteiger partial charge >= 0.3 is 0 Å². The van der Waals surface area contributed by atoms with E-state index < -0.39 is 0 Å². The maximum absolute atomic E-state index is 8.75. The Morgan fingerprint density at radius 1 is 1.62 bits per heavy atom. The number of hydrogen-bond acceptors (Lipinski definition) is 3. The zero-order valence-corrected chi connectivity index (χ0v) is 9.11. The van der Waals surface area contributed by atoms with Crippen molar-refractivity contribution in [1.29, 1.82) is 5.26 Å². The van der Waals surface area contributed by atoms with E-state index in [9.17, 15) is 0 Å². The molecule has 0 amide bonds. The van der Waals surface area contributed by atoms with Crippen LogP contribution in [0.5, 0.6) is 0 Å². The molecule has 0 saturated carbocycles. The second kappa shape index (κ2) is 3.12. The van der Waals surface area contributed by atoms with Gasteiger partial charge in [0, 0.05) is 0 Å². The Labute approximate surface area is 92.3 Å². The zero-order chi connectivity index (χ0) is 9.42. The molecule has 2 heterocycles. The molecule has 0 spiro atoms. The third kappa shape index (κ3) is 1.26. The van der Waals surface area contributed by atoms with Gasteiger partial charge in [0.15, 0.2) is 5.65 Å². The normalized spacial score (nSPS) is 10.2. The van der Waals surface area contributed by atoms with Crippen molar-refractivity contribution in [3.8, 4) is 6.07 Å². The molecule has 2 aromatic rings. The van der Waals surface area contributed by atoms with E-state index in [2.05, 4.69) is 32.8 Å². The molecule has 0 atom stereocenters. The molecule has 0 fully saturated rings. The minimum absolute atomic E-state index is 0.350. The highest BCUT2D eigenvalue weighted by Crippen LogP contribution is 2.21. The summed E-state index contributed by atoms with van der Waals surface area (Å²) < 4.78 is 2.44. The van der Waals surface area contributed by atoms with E-state index in [-0.39, 0.29) is 0 Å². The summed E-state index contributed by atoms with van der Waals surface area (Å²) in [6, 6.07) is 3.69. The van der Waals surface area contributed by atoms with Crippen LogP contribution in [-0.2, 0) is 0 Å². The highest BCUT2D eigenvalue weighted by atomic mass is 127. The summed E-state index contributed by atoms with van der Waals surface area (Å²) in [5, 5.41) is 16.7. The van der Waals surface area contributed by atoms with Crippen molar-refractivity contribution in [2.24, 2.45) is 0 Å². The van der Waals surface area contributed by atoms with Crippen molar-refractivity contribution in [3.05, 3.63) is 26.7 Å². The van der Waals surface area contributed by atoms with E-state index >= 15 is 0 Å². The Morgan fingerprint density at radius 2 is 2.38 bits per heavy atom. The van der Waals surface area contributed by atoms with Crippen LogP contribution in [0.1, 0.15) is 5.56 Å². The van der Waals surface area contributed by atoms with Gasteiger partial charge in [-0.1, -0.05) is 11.6 Å². The van der Waals surface area contributed by atoms with Crippen LogP contribution in [0.25, 0.3) is 5.65 Å². The van der Waals surface area contributed by atoms with Crippen LogP contribution in [-0.4, -0.2) is 14.6 Å². The summed E-state index contributed by atoms with van der Waals surface area (Å²) in [5.74, 6) is 0. The fourth-order valence-electron chi connectivity index (χ4n) is 1.00. The average Bonchev–Trinajstić information content (AvgIpc) is 2.60. The second-order valence-corrected chi connectivity index (χ2v) is 3.85. The lowest BCUT2D eigenvalue weighted by atomic mass is 10.3. The van der Waals surface area contributed by atoms with Gasteiger partial charge in [-0.3, -0.25) is 4.40 Å². The lowest BCUT2D eigenvalue weighted by molar-refractivity contribution is 1.10. The monoisotopic (exact) mass is 304 g/mol. The second-order valence-electron chi connectivity index (χ2n) is 2.33. The minimum atomic E-state index is 0.350. The largest absolute Gasteiger partial charge is 0.270 e. The quantitative estimate of drug-likeness (QED) is 0.551. The van der Waals surface area contributed by atoms with Gasteiger partial charge in [-0.2, -0.15) is 5.26 Å². The number of nitriles is 1. The Balaban J connectivity index is 2.95. The Kier molecular flexibility index (Phi) is 2.09. The summed E-state index contributed by atoms with van der Waals surface area (Å²) in [6.07, 6.45) is 1.49. The molecule has 13 heavy (non-hydrogen) atoms. The zero-order valence-electron chi connectivity index (χ0n) is 6.20. The molecule has 0 aliphatic carbocycles. The van der Waals surface area contributed by atoms with Crippen molar-refractivity contribution in [2.75, 3.05) is 0 Å². The first kappa shape index (κ1) is 8.72. The van der Waals surface area contributed by atoms with Gasteiger partial charge in [-0.25, -0.2) is 0 Å². The molecule has 2 rings (SSSR count). The van der Waals surface area contributed by atoms with Gasteiger partial charge in [0.05, 0.1) is 9.13 Å². The molecule has 0 radical (unpaired) electrons. The van der Waals surface area contributed by atoms with Gasteiger partial charge in [0.25, 0.3) is 0 Å². The number of hydrogen-bond donors (Lipinski definition) is 0. The summed E-state index contributed by atoms with van der Waals surface area (Å²) >= 11 is 8.00. The standard InChI is InChI=1S/C7H2ClIN4/c8-6-4(2-10)1-5(9)7-12-11-3-13(6)7/h1,3H. The van der Waals surface area contributed by atoms with Crippen LogP contribution in [0.4, 0.5) is 0 Å². The smallest absolute Gasteiger partial charge is 0.175 e. The summed E-state index contributed by atoms with van der Waals surface area (Å²) in [4.78, 5) is 0. The first-order valence-electron chi connectivity index (χ1n) is 3.32. The lowest BCUT2D eigenvalue weighted by Crippen LogP contribution is -1.92. The van der Waals surface area contributed by atoms with Gasteiger partial charge in [-0.15, -0.1) is 10.2 Å². The summed E-state index contributed by atoms with van der Waals surface area (Å²) in [7, 11) is 0. The maximum atomic E-state index is 8.75. The maximum Gasteiger partial charge on any atom is 0.175 e. The van der Waals surface area contributed by atoms with E-state index in [0.29, 0.717) is 16.4 Å². The Morgan fingerprint density at radius 3 is 3.08 bits per heavy atom. The van der Waals surface area contributed by atoms with Crippen molar-refractivity contribution >= 4 is 39.8 Å². The number of fused-ring (bicyclic) bond motifs is 1. The first-order chi connectivity index (χ1) is 6.24. The van der Waals surface area contributed by atoms with Gasteiger partial charge in [-0.05, 0) is 28.7 Å². The highest BCUT2D eigenvalue weighted by molar-refractivity contribution is 14.1. The van der Waals surface area contributed by atoms with Crippen molar-refractivity contribution in [1.82, 2.24) is 14.6 Å². The summed E-state index contributed by atoms with van der Waals surface area (Å²) in [5.41, 5.74) is 1.10. The molecule has 0 aliphatic heterocycles. The number of pyridine rings is 1. The fraction of sp³-hybridized carbons (Fsp3) is 0. The molecule has 64 valence electrons. The van der Waals surface area contributed by atoms with E-state index in [1.54, 1.807) is 10.5 Å². The van der Waals surface area contributed by atoms with Gasteiger partial charge in [0.1, 0.15) is 17.5 Å². The van der Waals surface area contributed by atoms with Gasteiger partial charge in [0.2, 0.25) is 0 Å². The van der Waals surface area contributed by atoms with Crippen molar-refractivity contribution in [2.45, 2.75) is 0 Å². The number of aromatic nitrogens is 3. The molecule has 6 heteroatoms. The molecule has 0 bridgehead atoms. The third-order valence-electron chi connectivity index (χ3n) is 1.59. The van der Waals surface area contributed by atoms with E-state index in [4.69, 9.17) is 16.9 Å². The predicted molar refractivity (Wildman–Crippen MR) is 55.4 cm³/mol. The minimum Gasteiger partial charge on any atom is -0.270 e. The number of nitrogens with zero attached hydrogens (tertiary/aromatic N) is 4. The molecule has 0 aliphatic rings. The molecular formula is C7H2ClIN4. The Hall–Kier alpha value is -0.870. The van der Waals surface area contributed by atoms with E-state index in [1.807, 2.05) is 6.07 Å². The van der Waals surface area contributed by atoms with Crippen LogP contribution < -0.4 is 0 Å². The first-order valence-corrected chi connectivity index (χ1v) is 4.77. The van der Waals surface area contributed by atoms with Crippen molar-refractivity contribution < 1.29 is 0 Å². The third-order valence-corrected chi connectivity index (χ3v) is 2.77. The molecule has 0 aromatic carbocycles. The van der Waals surface area contributed by atoms with E-state index in [0.717, 1.165) is 3.57 Å². The van der Waals surface area contributed by atoms with Crippen LogP contribution in [0.15, 0.2) is 12.4 Å². The number of halogens is 2. The average molecular weight is 304 g/mol. The predicted octanol–water partition coefficient (Wildman–Crippen LogP) is 1.86. The van der Waals surface area contributed by atoms with Crippen LogP contribution in [0.2, 0.25) is 5.15 Å². The molecule has 0 saturated heterocycles. The molecule has 0 unspecified atom stereocenters. The molecule has 2 aromatic heterocycles. The topological polar surface area (TPSA) is 54.0 Å². The molecule has 0 N–H and O–H groups in total. The van der Waals surface area contributed by atoms with Crippen molar-refractivity contribution in [3.63, 3.8) is 0 Å². The number of rotatable bonds is 0. The SMILES string of the molecule is N#Cc1cc(I)c2nncn2c1Cl. The fourth-order valence-corrected chi connectivity index (χ4v) is 1.90. The van der Waals surface area contributed by atoms with E-state index in [1.165, 1.54) is 6.33 Å². The lowest BCUT2D eigenvalue weighted by Gasteiger charge is -1.99. The van der Waals surface area contributed by atoms with Crippen LogP contribution >= 0.6 is 34.2 Å². The van der Waals surface area contributed by atoms with Crippen LogP contribution in [0, 0.1) is 14.9 Å².